The molecule has 0 aromatic heterocycles. The van der Waals surface area contributed by atoms with Crippen LogP contribution in [0.25, 0.3) is 0 Å². The smallest absolute Gasteiger partial charge is 0.263 e. The number of aryl methyl sites for hydroxylation is 1. The molecule has 2 aromatic carbocycles. The van der Waals surface area contributed by atoms with Gasteiger partial charge in [-0.25, -0.2) is 8.42 Å². The maximum atomic E-state index is 12.9. The summed E-state index contributed by atoms with van der Waals surface area (Å²) in [5, 5.41) is 0. The monoisotopic (exact) mass is 430 g/mol. The third-order valence-electron chi connectivity index (χ3n) is 5.40. The standard InChI is InChI=1S/C23H30N2O4S/c1-17(2)21-7-5-6-8-22(21)29-19(4)23(26)24-13-15-25(16-14-24)30(27,28)20-11-9-18(3)10-12-20/h5-12,17,19H,13-16H2,1-4H3/t19-/m0/s1. The van der Waals surface area contributed by atoms with Gasteiger partial charge in [-0.1, -0.05) is 49.7 Å². The number of rotatable bonds is 6. The number of piperazine rings is 1. The summed E-state index contributed by atoms with van der Waals surface area (Å²) in [6.45, 7) is 9.09. The van der Waals surface area contributed by atoms with Crippen LogP contribution >= 0.6 is 0 Å². The van der Waals surface area contributed by atoms with Crippen LogP contribution in [0.2, 0.25) is 0 Å². The summed E-state index contributed by atoms with van der Waals surface area (Å²) >= 11 is 0. The molecule has 3 rings (SSSR count). The van der Waals surface area contributed by atoms with Crippen LogP contribution in [-0.4, -0.2) is 55.8 Å². The molecule has 1 heterocycles. The summed E-state index contributed by atoms with van der Waals surface area (Å²) in [5.74, 6) is 0.883. The van der Waals surface area contributed by atoms with Crippen molar-refractivity contribution in [1.82, 2.24) is 9.21 Å². The first-order chi connectivity index (χ1) is 14.2. The second kappa shape index (κ2) is 9.18. The summed E-state index contributed by atoms with van der Waals surface area (Å²) in [6, 6.07) is 14.6. The van der Waals surface area contributed by atoms with Crippen LogP contribution in [0.15, 0.2) is 53.4 Å². The van der Waals surface area contributed by atoms with Crippen molar-refractivity contribution >= 4 is 15.9 Å². The molecule has 7 heteroatoms. The third kappa shape index (κ3) is 4.84. The maximum Gasteiger partial charge on any atom is 0.263 e. The highest BCUT2D eigenvalue weighted by Crippen LogP contribution is 2.27. The average molecular weight is 431 g/mol. The maximum absolute atomic E-state index is 12.9. The number of sulfonamides is 1. The molecule has 1 fully saturated rings. The fraction of sp³-hybridized carbons (Fsp3) is 0.435. The van der Waals surface area contributed by atoms with Gasteiger partial charge in [0.2, 0.25) is 10.0 Å². The first-order valence-electron chi connectivity index (χ1n) is 10.3. The van der Waals surface area contributed by atoms with Gasteiger partial charge in [-0.15, -0.1) is 0 Å². The van der Waals surface area contributed by atoms with Gasteiger partial charge in [-0.05, 0) is 43.5 Å². The van der Waals surface area contributed by atoms with Crippen molar-refractivity contribution in [2.45, 2.75) is 44.6 Å². The number of nitrogens with zero attached hydrogens (tertiary/aromatic N) is 2. The van der Waals surface area contributed by atoms with Gasteiger partial charge in [0.1, 0.15) is 5.75 Å². The van der Waals surface area contributed by atoms with Crippen LogP contribution in [0.3, 0.4) is 0 Å². The zero-order chi connectivity index (χ0) is 21.9. The van der Waals surface area contributed by atoms with E-state index in [1.54, 1.807) is 36.1 Å². The Labute approximate surface area is 179 Å². The van der Waals surface area contributed by atoms with E-state index in [1.165, 1.54) is 4.31 Å². The Balaban J connectivity index is 1.62. The van der Waals surface area contributed by atoms with Crippen molar-refractivity contribution in [3.8, 4) is 5.75 Å². The van der Waals surface area contributed by atoms with Crippen LogP contribution in [0.1, 0.15) is 37.8 Å². The number of ether oxygens (including phenoxy) is 1. The Bertz CT molecular complexity index is 979. The summed E-state index contributed by atoms with van der Waals surface area (Å²) < 4.78 is 33.1. The molecule has 30 heavy (non-hydrogen) atoms. The molecule has 162 valence electrons. The minimum Gasteiger partial charge on any atom is -0.481 e. The molecule has 0 unspecified atom stereocenters. The number of hydrogen-bond acceptors (Lipinski definition) is 4. The third-order valence-corrected chi connectivity index (χ3v) is 7.31. The lowest BCUT2D eigenvalue weighted by Crippen LogP contribution is -2.53. The molecule has 1 atom stereocenters. The van der Waals surface area contributed by atoms with Gasteiger partial charge in [0.25, 0.3) is 5.91 Å². The molecule has 0 bridgehead atoms. The molecule has 0 saturated carbocycles. The normalized spacial score (nSPS) is 16.5. The number of hydrogen-bond donors (Lipinski definition) is 0. The van der Waals surface area contributed by atoms with E-state index in [9.17, 15) is 13.2 Å². The highest BCUT2D eigenvalue weighted by molar-refractivity contribution is 7.89. The predicted octanol–water partition coefficient (Wildman–Crippen LogP) is 3.42. The fourth-order valence-corrected chi connectivity index (χ4v) is 4.99. The molecular formula is C23H30N2O4S. The molecule has 0 N–H and O–H groups in total. The average Bonchev–Trinajstić information content (AvgIpc) is 2.74. The quantitative estimate of drug-likeness (QED) is 0.704. The SMILES string of the molecule is Cc1ccc(S(=O)(=O)N2CCN(C(=O)[C@H](C)Oc3ccccc3C(C)C)CC2)cc1. The van der Waals surface area contributed by atoms with E-state index < -0.39 is 16.1 Å². The second-order valence-corrected chi connectivity index (χ2v) is 9.93. The van der Waals surface area contributed by atoms with Gasteiger partial charge in [0.05, 0.1) is 4.90 Å². The van der Waals surface area contributed by atoms with E-state index in [1.807, 2.05) is 31.2 Å². The zero-order valence-corrected chi connectivity index (χ0v) is 18.9. The van der Waals surface area contributed by atoms with Gasteiger partial charge < -0.3 is 9.64 Å². The number of benzene rings is 2. The molecule has 1 aliphatic rings. The molecule has 1 aliphatic heterocycles. The summed E-state index contributed by atoms with van der Waals surface area (Å²) in [6.07, 6.45) is -0.634. The van der Waals surface area contributed by atoms with Crippen molar-refractivity contribution in [3.05, 3.63) is 59.7 Å². The molecule has 1 saturated heterocycles. The number of carbonyl (C=O) groups is 1. The molecule has 1 amide bonds. The Morgan fingerprint density at radius 2 is 1.53 bits per heavy atom. The molecule has 2 aromatic rings. The molecule has 0 radical (unpaired) electrons. The molecule has 6 nitrogen and oxygen atoms in total. The van der Waals surface area contributed by atoms with Gasteiger partial charge in [-0.3, -0.25) is 4.79 Å². The topological polar surface area (TPSA) is 66.9 Å². The summed E-state index contributed by atoms with van der Waals surface area (Å²) in [7, 11) is -3.55. The lowest BCUT2D eigenvalue weighted by Gasteiger charge is -2.35. The number of carbonyl (C=O) groups excluding carboxylic acids is 1. The van der Waals surface area contributed by atoms with Crippen LogP contribution in [-0.2, 0) is 14.8 Å². The lowest BCUT2D eigenvalue weighted by atomic mass is 10.0. The molecule has 0 spiro atoms. The van der Waals surface area contributed by atoms with E-state index in [0.717, 1.165) is 11.1 Å². The van der Waals surface area contributed by atoms with Crippen molar-refractivity contribution in [2.24, 2.45) is 0 Å². The number of amides is 1. The fourth-order valence-electron chi connectivity index (χ4n) is 3.57. The minimum atomic E-state index is -3.55. The largest absolute Gasteiger partial charge is 0.481 e. The van der Waals surface area contributed by atoms with Gasteiger partial charge in [0, 0.05) is 26.2 Å². The zero-order valence-electron chi connectivity index (χ0n) is 18.0. The Morgan fingerprint density at radius 1 is 0.933 bits per heavy atom. The molecule has 0 aliphatic carbocycles. The highest BCUT2D eigenvalue weighted by atomic mass is 32.2. The van der Waals surface area contributed by atoms with Crippen molar-refractivity contribution < 1.29 is 17.9 Å². The van der Waals surface area contributed by atoms with Crippen molar-refractivity contribution in [2.75, 3.05) is 26.2 Å². The van der Waals surface area contributed by atoms with Gasteiger partial charge >= 0.3 is 0 Å². The first kappa shape index (κ1) is 22.3. The van der Waals surface area contributed by atoms with Gasteiger partial charge in [0.15, 0.2) is 6.10 Å². The number of para-hydroxylation sites is 1. The van der Waals surface area contributed by atoms with Crippen molar-refractivity contribution in [3.63, 3.8) is 0 Å². The van der Waals surface area contributed by atoms with E-state index in [-0.39, 0.29) is 23.9 Å². The van der Waals surface area contributed by atoms with Crippen LogP contribution in [0.5, 0.6) is 5.75 Å². The van der Waals surface area contributed by atoms with E-state index in [0.29, 0.717) is 24.8 Å². The predicted molar refractivity (Wildman–Crippen MR) is 117 cm³/mol. The lowest BCUT2D eigenvalue weighted by molar-refractivity contribution is -0.139. The van der Waals surface area contributed by atoms with Crippen molar-refractivity contribution in [1.29, 1.82) is 0 Å². The summed E-state index contributed by atoms with van der Waals surface area (Å²) in [4.78, 5) is 14.9. The van der Waals surface area contributed by atoms with E-state index >= 15 is 0 Å². The van der Waals surface area contributed by atoms with E-state index in [4.69, 9.17) is 4.74 Å². The van der Waals surface area contributed by atoms with Crippen LogP contribution < -0.4 is 4.74 Å². The Hall–Kier alpha value is -2.38. The molecular weight excluding hydrogens is 400 g/mol. The minimum absolute atomic E-state index is 0.124. The first-order valence-corrected chi connectivity index (χ1v) is 11.8. The van der Waals surface area contributed by atoms with E-state index in [2.05, 4.69) is 13.8 Å². The second-order valence-electron chi connectivity index (χ2n) is 8.00. The van der Waals surface area contributed by atoms with Crippen LogP contribution in [0, 0.1) is 6.92 Å². The van der Waals surface area contributed by atoms with Crippen LogP contribution in [0.4, 0.5) is 0 Å². The summed E-state index contributed by atoms with van der Waals surface area (Å²) in [5.41, 5.74) is 2.07. The van der Waals surface area contributed by atoms with Gasteiger partial charge in [-0.2, -0.15) is 4.31 Å². The Morgan fingerprint density at radius 3 is 2.13 bits per heavy atom. The Kier molecular flexibility index (Phi) is 6.83. The highest BCUT2D eigenvalue weighted by Gasteiger charge is 2.32.